The van der Waals surface area contributed by atoms with Crippen LogP contribution < -0.4 is 10.6 Å². The molecule has 1 heterocycles. The van der Waals surface area contributed by atoms with E-state index in [4.69, 9.17) is 0 Å². The Morgan fingerprint density at radius 1 is 1.63 bits per heavy atom. The Morgan fingerprint density at radius 3 is 3.16 bits per heavy atom. The van der Waals surface area contributed by atoms with Gasteiger partial charge in [-0.15, -0.1) is 0 Å². The summed E-state index contributed by atoms with van der Waals surface area (Å²) in [6, 6.07) is 4.62. The summed E-state index contributed by atoms with van der Waals surface area (Å²) in [5, 5.41) is 5.84. The van der Waals surface area contributed by atoms with E-state index in [2.05, 4.69) is 26.6 Å². The molecular weight excluding hydrogens is 313 g/mol. The molecule has 0 aromatic heterocycles. The van der Waals surface area contributed by atoms with Gasteiger partial charge in [0.2, 0.25) is 5.91 Å². The van der Waals surface area contributed by atoms with Crippen LogP contribution in [0.15, 0.2) is 22.7 Å². The van der Waals surface area contributed by atoms with E-state index in [9.17, 15) is 9.18 Å². The number of hydrogen-bond acceptors (Lipinski definition) is 3. The average Bonchev–Trinajstić information content (AvgIpc) is 2.42. The van der Waals surface area contributed by atoms with Crippen molar-refractivity contribution in [3.8, 4) is 0 Å². The van der Waals surface area contributed by atoms with Crippen LogP contribution in [0, 0.1) is 5.82 Å². The molecule has 1 atom stereocenters. The summed E-state index contributed by atoms with van der Waals surface area (Å²) < 4.78 is 14.6. The number of rotatable bonds is 3. The highest BCUT2D eigenvalue weighted by Crippen LogP contribution is 2.18. The first-order valence-electron chi connectivity index (χ1n) is 6.22. The SMILES string of the molecule is CNC(=O)C1CNCCN1Cc1cc(Br)ccc1F. The maximum Gasteiger partial charge on any atom is 0.238 e. The van der Waals surface area contributed by atoms with Gasteiger partial charge in [-0.2, -0.15) is 0 Å². The summed E-state index contributed by atoms with van der Waals surface area (Å²) in [5.74, 6) is -0.278. The quantitative estimate of drug-likeness (QED) is 0.873. The number of piperazine rings is 1. The zero-order valence-electron chi connectivity index (χ0n) is 10.7. The molecule has 2 rings (SSSR count). The van der Waals surface area contributed by atoms with Crippen molar-refractivity contribution in [2.75, 3.05) is 26.7 Å². The lowest BCUT2D eigenvalue weighted by Crippen LogP contribution is -2.56. The Balaban J connectivity index is 2.15. The van der Waals surface area contributed by atoms with Gasteiger partial charge in [-0.3, -0.25) is 9.69 Å². The minimum Gasteiger partial charge on any atom is -0.358 e. The van der Waals surface area contributed by atoms with Crippen molar-refractivity contribution in [2.24, 2.45) is 0 Å². The second kappa shape index (κ2) is 6.45. The topological polar surface area (TPSA) is 44.4 Å². The molecule has 0 bridgehead atoms. The number of benzene rings is 1. The van der Waals surface area contributed by atoms with Crippen molar-refractivity contribution in [3.05, 3.63) is 34.1 Å². The lowest BCUT2D eigenvalue weighted by Gasteiger charge is -2.34. The first kappa shape index (κ1) is 14.4. The van der Waals surface area contributed by atoms with Crippen molar-refractivity contribution in [3.63, 3.8) is 0 Å². The van der Waals surface area contributed by atoms with Crippen LogP contribution in [0.3, 0.4) is 0 Å². The Kier molecular flexibility index (Phi) is 4.90. The molecule has 1 fully saturated rings. The van der Waals surface area contributed by atoms with Crippen LogP contribution in [0.1, 0.15) is 5.56 Å². The summed E-state index contributed by atoms with van der Waals surface area (Å²) in [6.07, 6.45) is 0. The highest BCUT2D eigenvalue weighted by atomic mass is 79.9. The van der Waals surface area contributed by atoms with Crippen molar-refractivity contribution in [1.29, 1.82) is 0 Å². The molecule has 6 heteroatoms. The van der Waals surface area contributed by atoms with Gasteiger partial charge in [-0.25, -0.2) is 4.39 Å². The van der Waals surface area contributed by atoms with E-state index in [0.717, 1.165) is 17.6 Å². The Morgan fingerprint density at radius 2 is 2.42 bits per heavy atom. The predicted molar refractivity (Wildman–Crippen MR) is 75.2 cm³/mol. The minimum atomic E-state index is -0.253. The molecule has 0 spiro atoms. The van der Waals surface area contributed by atoms with Crippen molar-refractivity contribution >= 4 is 21.8 Å². The van der Waals surface area contributed by atoms with Gasteiger partial charge in [-0.1, -0.05) is 15.9 Å². The normalized spacial score (nSPS) is 20.3. The zero-order chi connectivity index (χ0) is 13.8. The third-order valence-corrected chi connectivity index (χ3v) is 3.78. The third-order valence-electron chi connectivity index (χ3n) is 3.28. The lowest BCUT2D eigenvalue weighted by atomic mass is 10.1. The molecule has 0 aliphatic carbocycles. The fourth-order valence-corrected chi connectivity index (χ4v) is 2.65. The molecule has 1 aliphatic rings. The molecule has 2 N–H and O–H groups in total. The summed E-state index contributed by atoms with van der Waals surface area (Å²) in [7, 11) is 1.62. The van der Waals surface area contributed by atoms with Crippen LogP contribution in [0.25, 0.3) is 0 Å². The van der Waals surface area contributed by atoms with Gasteiger partial charge in [0, 0.05) is 43.3 Å². The molecule has 1 amide bonds. The van der Waals surface area contributed by atoms with Gasteiger partial charge in [0.05, 0.1) is 0 Å². The molecule has 1 aromatic rings. The van der Waals surface area contributed by atoms with Crippen LogP contribution in [-0.2, 0) is 11.3 Å². The van der Waals surface area contributed by atoms with Crippen LogP contribution in [0.4, 0.5) is 4.39 Å². The van der Waals surface area contributed by atoms with E-state index in [-0.39, 0.29) is 17.8 Å². The molecular formula is C13H17BrFN3O. The summed E-state index contributed by atoms with van der Waals surface area (Å²) in [4.78, 5) is 13.8. The minimum absolute atomic E-state index is 0.0393. The average molecular weight is 330 g/mol. The van der Waals surface area contributed by atoms with Crippen molar-refractivity contribution < 1.29 is 9.18 Å². The molecule has 104 valence electrons. The molecule has 1 aromatic carbocycles. The van der Waals surface area contributed by atoms with Crippen molar-refractivity contribution in [2.45, 2.75) is 12.6 Å². The number of halogens is 2. The van der Waals surface area contributed by atoms with E-state index in [0.29, 0.717) is 18.7 Å². The Hall–Kier alpha value is -0.980. The Labute approximate surface area is 120 Å². The fourth-order valence-electron chi connectivity index (χ4n) is 2.24. The highest BCUT2D eigenvalue weighted by molar-refractivity contribution is 9.10. The number of nitrogens with zero attached hydrogens (tertiary/aromatic N) is 1. The highest BCUT2D eigenvalue weighted by Gasteiger charge is 2.28. The zero-order valence-corrected chi connectivity index (χ0v) is 12.3. The molecule has 0 radical (unpaired) electrons. The van der Waals surface area contributed by atoms with Gasteiger partial charge < -0.3 is 10.6 Å². The number of nitrogens with one attached hydrogen (secondary N) is 2. The maximum absolute atomic E-state index is 13.8. The second-order valence-corrected chi connectivity index (χ2v) is 5.46. The smallest absolute Gasteiger partial charge is 0.238 e. The third kappa shape index (κ3) is 3.52. The van der Waals surface area contributed by atoms with Gasteiger partial charge in [0.15, 0.2) is 0 Å². The standard InChI is InChI=1S/C13H17BrFN3O/c1-16-13(19)12-7-17-4-5-18(12)8-9-6-10(14)2-3-11(9)15/h2-3,6,12,17H,4-5,7-8H2,1H3,(H,16,19). The summed E-state index contributed by atoms with van der Waals surface area (Å²) in [5.41, 5.74) is 0.602. The second-order valence-electron chi connectivity index (χ2n) is 4.54. The lowest BCUT2D eigenvalue weighted by molar-refractivity contribution is -0.126. The van der Waals surface area contributed by atoms with Gasteiger partial charge in [0.25, 0.3) is 0 Å². The number of amides is 1. The number of likely N-dealkylation sites (N-methyl/N-ethyl adjacent to an activating group) is 1. The van der Waals surface area contributed by atoms with E-state index >= 15 is 0 Å². The molecule has 1 aliphatic heterocycles. The van der Waals surface area contributed by atoms with Gasteiger partial charge in [-0.05, 0) is 18.2 Å². The first-order chi connectivity index (χ1) is 9.11. The molecule has 1 saturated heterocycles. The van der Waals surface area contributed by atoms with Crippen LogP contribution in [-0.4, -0.2) is 43.5 Å². The van der Waals surface area contributed by atoms with E-state index in [1.807, 2.05) is 4.90 Å². The summed E-state index contributed by atoms with van der Waals surface area (Å²) >= 11 is 3.34. The van der Waals surface area contributed by atoms with E-state index < -0.39 is 0 Å². The molecule has 1 unspecified atom stereocenters. The first-order valence-corrected chi connectivity index (χ1v) is 7.01. The predicted octanol–water partition coefficient (Wildman–Crippen LogP) is 1.11. The van der Waals surface area contributed by atoms with Crippen molar-refractivity contribution in [1.82, 2.24) is 15.5 Å². The maximum atomic E-state index is 13.8. The number of carbonyl (C=O) groups is 1. The monoisotopic (exact) mass is 329 g/mol. The fraction of sp³-hybridized carbons (Fsp3) is 0.462. The van der Waals surface area contributed by atoms with Crippen LogP contribution in [0.5, 0.6) is 0 Å². The van der Waals surface area contributed by atoms with Crippen LogP contribution >= 0.6 is 15.9 Å². The van der Waals surface area contributed by atoms with Crippen LogP contribution in [0.2, 0.25) is 0 Å². The molecule has 19 heavy (non-hydrogen) atoms. The van der Waals surface area contributed by atoms with Gasteiger partial charge in [0.1, 0.15) is 11.9 Å². The molecule has 4 nitrogen and oxygen atoms in total. The number of carbonyl (C=O) groups excluding carboxylic acids is 1. The van der Waals surface area contributed by atoms with E-state index in [1.54, 1.807) is 19.2 Å². The summed E-state index contributed by atoms with van der Waals surface area (Å²) in [6.45, 7) is 2.56. The van der Waals surface area contributed by atoms with Gasteiger partial charge >= 0.3 is 0 Å². The Bertz CT molecular complexity index is 469. The largest absolute Gasteiger partial charge is 0.358 e. The van der Waals surface area contributed by atoms with E-state index in [1.165, 1.54) is 6.07 Å². The molecule has 0 saturated carbocycles. The number of hydrogen-bond donors (Lipinski definition) is 2.